The third-order valence-electron chi connectivity index (χ3n) is 2.85. The summed E-state index contributed by atoms with van der Waals surface area (Å²) < 4.78 is 7.36. The Morgan fingerprint density at radius 3 is 3.20 bits per heavy atom. The van der Waals surface area contributed by atoms with Gasteiger partial charge < -0.3 is 14.4 Å². The van der Waals surface area contributed by atoms with Crippen molar-refractivity contribution in [1.82, 2.24) is 9.55 Å². The molecule has 2 rings (SSSR count). The van der Waals surface area contributed by atoms with Crippen LogP contribution < -0.4 is 0 Å². The molecule has 4 heteroatoms. The molecule has 4 nitrogen and oxygen atoms in total. The molecule has 0 saturated carbocycles. The first-order valence-electron chi connectivity index (χ1n) is 5.53. The number of hydrogen-bond donors (Lipinski definition) is 1. The molecular weight excluding hydrogens is 192 g/mol. The monoisotopic (exact) mass is 210 g/mol. The molecule has 2 unspecified atom stereocenters. The Bertz CT molecular complexity index is 305. The zero-order valence-corrected chi connectivity index (χ0v) is 9.09. The first kappa shape index (κ1) is 10.6. The number of imidazole rings is 1. The molecule has 0 amide bonds. The minimum atomic E-state index is -0.449. The van der Waals surface area contributed by atoms with Crippen molar-refractivity contribution in [2.24, 2.45) is 7.05 Å². The summed E-state index contributed by atoms with van der Waals surface area (Å²) in [6.45, 7) is 0.879. The van der Waals surface area contributed by atoms with Crippen LogP contribution in [-0.2, 0) is 11.8 Å². The van der Waals surface area contributed by atoms with E-state index in [4.69, 9.17) is 4.74 Å². The quantitative estimate of drug-likeness (QED) is 0.817. The maximum absolute atomic E-state index is 9.86. The standard InChI is InChI=1S/C11H18N2O2/c1-13-7-10(12-8-13)11(14)5-4-9-3-2-6-15-9/h7-9,11,14H,2-6H2,1H3. The van der Waals surface area contributed by atoms with Gasteiger partial charge in [-0.05, 0) is 25.7 Å². The molecule has 1 aromatic heterocycles. The second-order valence-electron chi connectivity index (χ2n) is 4.19. The van der Waals surface area contributed by atoms with Crippen LogP contribution >= 0.6 is 0 Å². The molecule has 1 aromatic rings. The van der Waals surface area contributed by atoms with Crippen molar-refractivity contribution in [2.45, 2.75) is 37.9 Å². The van der Waals surface area contributed by atoms with E-state index in [1.807, 2.05) is 17.8 Å². The molecule has 0 spiro atoms. The Balaban J connectivity index is 1.79. The minimum absolute atomic E-state index is 0.350. The van der Waals surface area contributed by atoms with Gasteiger partial charge in [-0.1, -0.05) is 0 Å². The summed E-state index contributed by atoms with van der Waals surface area (Å²) in [4.78, 5) is 4.13. The Morgan fingerprint density at radius 1 is 1.73 bits per heavy atom. The molecule has 0 aromatic carbocycles. The molecular formula is C11H18N2O2. The highest BCUT2D eigenvalue weighted by molar-refractivity contribution is 5.00. The van der Waals surface area contributed by atoms with Crippen LogP contribution in [-0.4, -0.2) is 27.4 Å². The maximum Gasteiger partial charge on any atom is 0.0976 e. The molecule has 0 aliphatic carbocycles. The Morgan fingerprint density at radius 2 is 2.60 bits per heavy atom. The van der Waals surface area contributed by atoms with E-state index in [0.29, 0.717) is 6.10 Å². The van der Waals surface area contributed by atoms with Crippen LogP contribution in [0.3, 0.4) is 0 Å². The molecule has 15 heavy (non-hydrogen) atoms. The number of aromatic nitrogens is 2. The summed E-state index contributed by atoms with van der Waals surface area (Å²) in [6, 6.07) is 0. The van der Waals surface area contributed by atoms with Crippen molar-refractivity contribution in [3.8, 4) is 0 Å². The van der Waals surface area contributed by atoms with E-state index in [1.54, 1.807) is 6.33 Å². The molecule has 2 heterocycles. The van der Waals surface area contributed by atoms with E-state index in [2.05, 4.69) is 4.98 Å². The second-order valence-corrected chi connectivity index (χ2v) is 4.19. The van der Waals surface area contributed by atoms with Gasteiger partial charge in [-0.2, -0.15) is 0 Å². The highest BCUT2D eigenvalue weighted by atomic mass is 16.5. The number of aliphatic hydroxyl groups is 1. The van der Waals surface area contributed by atoms with Crippen molar-refractivity contribution in [2.75, 3.05) is 6.61 Å². The summed E-state index contributed by atoms with van der Waals surface area (Å²) in [5, 5.41) is 9.86. The molecule has 1 N–H and O–H groups in total. The van der Waals surface area contributed by atoms with Gasteiger partial charge in [-0.25, -0.2) is 4.98 Å². The summed E-state index contributed by atoms with van der Waals surface area (Å²) in [6.07, 6.45) is 7.43. The van der Waals surface area contributed by atoms with Gasteiger partial charge in [0.2, 0.25) is 0 Å². The molecule has 0 bridgehead atoms. The van der Waals surface area contributed by atoms with Gasteiger partial charge in [0.15, 0.2) is 0 Å². The van der Waals surface area contributed by atoms with Gasteiger partial charge >= 0.3 is 0 Å². The highest BCUT2D eigenvalue weighted by Gasteiger charge is 2.18. The van der Waals surface area contributed by atoms with Crippen molar-refractivity contribution >= 4 is 0 Å². The first-order chi connectivity index (χ1) is 7.25. The van der Waals surface area contributed by atoms with Gasteiger partial charge in [0.1, 0.15) is 0 Å². The van der Waals surface area contributed by atoms with Crippen LogP contribution in [0.1, 0.15) is 37.5 Å². The van der Waals surface area contributed by atoms with Gasteiger partial charge in [0, 0.05) is 19.9 Å². The number of rotatable bonds is 4. The van der Waals surface area contributed by atoms with Crippen LogP contribution in [0.4, 0.5) is 0 Å². The van der Waals surface area contributed by atoms with E-state index in [0.717, 1.165) is 38.0 Å². The van der Waals surface area contributed by atoms with Gasteiger partial charge in [-0.3, -0.25) is 0 Å². The largest absolute Gasteiger partial charge is 0.387 e. The number of aliphatic hydroxyl groups excluding tert-OH is 1. The SMILES string of the molecule is Cn1cnc(C(O)CCC2CCCO2)c1. The molecule has 2 atom stereocenters. The molecule has 1 saturated heterocycles. The van der Waals surface area contributed by atoms with Gasteiger partial charge in [0.05, 0.1) is 24.2 Å². The summed E-state index contributed by atoms with van der Waals surface area (Å²) in [5.41, 5.74) is 0.760. The van der Waals surface area contributed by atoms with E-state index >= 15 is 0 Å². The molecule has 1 aliphatic rings. The Kier molecular flexibility index (Phi) is 3.38. The normalized spacial score (nSPS) is 23.2. The second kappa shape index (κ2) is 4.77. The van der Waals surface area contributed by atoms with Crippen LogP contribution in [0.25, 0.3) is 0 Å². The van der Waals surface area contributed by atoms with Crippen LogP contribution in [0.15, 0.2) is 12.5 Å². The average molecular weight is 210 g/mol. The van der Waals surface area contributed by atoms with Crippen molar-refractivity contribution in [3.05, 3.63) is 18.2 Å². The first-order valence-corrected chi connectivity index (χ1v) is 5.53. The van der Waals surface area contributed by atoms with Gasteiger partial charge in [-0.15, -0.1) is 0 Å². The minimum Gasteiger partial charge on any atom is -0.387 e. The fourth-order valence-electron chi connectivity index (χ4n) is 1.97. The Labute approximate surface area is 89.9 Å². The summed E-state index contributed by atoms with van der Waals surface area (Å²) >= 11 is 0. The lowest BCUT2D eigenvalue weighted by Crippen LogP contribution is -2.08. The lowest BCUT2D eigenvalue weighted by atomic mass is 10.1. The van der Waals surface area contributed by atoms with Gasteiger partial charge in [0.25, 0.3) is 0 Å². The topological polar surface area (TPSA) is 47.3 Å². The van der Waals surface area contributed by atoms with Crippen LogP contribution in [0, 0.1) is 0 Å². The van der Waals surface area contributed by atoms with Crippen molar-refractivity contribution in [1.29, 1.82) is 0 Å². The third kappa shape index (κ3) is 2.79. The average Bonchev–Trinajstić information content (AvgIpc) is 2.84. The lowest BCUT2D eigenvalue weighted by molar-refractivity contribution is 0.0803. The fourth-order valence-corrected chi connectivity index (χ4v) is 1.97. The summed E-state index contributed by atoms with van der Waals surface area (Å²) in [7, 11) is 1.91. The predicted octanol–water partition coefficient (Wildman–Crippen LogP) is 1.41. The predicted molar refractivity (Wildman–Crippen MR) is 56.4 cm³/mol. The summed E-state index contributed by atoms with van der Waals surface area (Å²) in [5.74, 6) is 0. The number of ether oxygens (including phenoxy) is 1. The highest BCUT2D eigenvalue weighted by Crippen LogP contribution is 2.22. The van der Waals surface area contributed by atoms with E-state index < -0.39 is 6.10 Å². The van der Waals surface area contributed by atoms with Crippen molar-refractivity contribution in [3.63, 3.8) is 0 Å². The molecule has 0 radical (unpaired) electrons. The van der Waals surface area contributed by atoms with Crippen molar-refractivity contribution < 1.29 is 9.84 Å². The number of aryl methyl sites for hydroxylation is 1. The zero-order valence-electron chi connectivity index (χ0n) is 9.09. The van der Waals surface area contributed by atoms with E-state index in [1.165, 1.54) is 0 Å². The molecule has 1 aliphatic heterocycles. The molecule has 84 valence electrons. The zero-order chi connectivity index (χ0) is 10.7. The van der Waals surface area contributed by atoms with Crippen LogP contribution in [0.2, 0.25) is 0 Å². The van der Waals surface area contributed by atoms with E-state index in [-0.39, 0.29) is 0 Å². The maximum atomic E-state index is 9.86. The Hall–Kier alpha value is -0.870. The number of hydrogen-bond acceptors (Lipinski definition) is 3. The lowest BCUT2D eigenvalue weighted by Gasteiger charge is -2.11. The third-order valence-corrected chi connectivity index (χ3v) is 2.85. The molecule has 1 fully saturated rings. The fraction of sp³-hybridized carbons (Fsp3) is 0.727. The van der Waals surface area contributed by atoms with Crippen LogP contribution in [0.5, 0.6) is 0 Å². The number of nitrogens with zero attached hydrogens (tertiary/aromatic N) is 2. The smallest absolute Gasteiger partial charge is 0.0976 e. The van der Waals surface area contributed by atoms with E-state index in [9.17, 15) is 5.11 Å².